The van der Waals surface area contributed by atoms with Gasteiger partial charge in [-0.15, -0.1) is 0 Å². The zero-order chi connectivity index (χ0) is 17.7. The van der Waals surface area contributed by atoms with Gasteiger partial charge in [0.2, 0.25) is 0 Å². The van der Waals surface area contributed by atoms with Gasteiger partial charge in [-0.1, -0.05) is 6.07 Å². The first-order valence-electron chi connectivity index (χ1n) is 8.32. The molecular weight excluding hydrogens is 320 g/mol. The quantitative estimate of drug-likeness (QED) is 0.593. The van der Waals surface area contributed by atoms with Gasteiger partial charge in [0.05, 0.1) is 13.7 Å². The summed E-state index contributed by atoms with van der Waals surface area (Å²) in [6.07, 6.45) is 1.51. The average Bonchev–Trinajstić information content (AvgIpc) is 2.64. The van der Waals surface area contributed by atoms with E-state index in [1.807, 2.05) is 36.4 Å². The summed E-state index contributed by atoms with van der Waals surface area (Å²) in [6, 6.07) is 12.9. The zero-order valence-corrected chi connectivity index (χ0v) is 14.4. The van der Waals surface area contributed by atoms with Gasteiger partial charge in [-0.3, -0.25) is 0 Å². The predicted octanol–water partition coefficient (Wildman–Crippen LogP) is 2.61. The van der Waals surface area contributed by atoms with E-state index < -0.39 is 5.60 Å². The van der Waals surface area contributed by atoms with Crippen LogP contribution in [0.4, 0.5) is 5.69 Å². The fraction of sp³-hybridized carbons (Fsp3) is 0.368. The molecule has 1 unspecified atom stereocenters. The van der Waals surface area contributed by atoms with Crippen molar-refractivity contribution in [3.63, 3.8) is 0 Å². The van der Waals surface area contributed by atoms with Crippen molar-refractivity contribution in [2.45, 2.75) is 18.4 Å². The van der Waals surface area contributed by atoms with Crippen molar-refractivity contribution in [2.24, 2.45) is 5.73 Å². The highest BCUT2D eigenvalue weighted by Crippen LogP contribution is 2.39. The molecule has 0 bridgehead atoms. The van der Waals surface area contributed by atoms with Crippen molar-refractivity contribution < 1.29 is 18.9 Å². The Morgan fingerprint density at radius 3 is 2.76 bits per heavy atom. The summed E-state index contributed by atoms with van der Waals surface area (Å²) in [5, 5.41) is 0. The summed E-state index contributed by atoms with van der Waals surface area (Å²) < 4.78 is 23.0. The number of ether oxygens (including phenoxy) is 4. The van der Waals surface area contributed by atoms with Gasteiger partial charge >= 0.3 is 0 Å². The van der Waals surface area contributed by atoms with Crippen LogP contribution in [0.15, 0.2) is 42.5 Å². The number of methoxy groups -OCH3 is 1. The number of anilines is 1. The van der Waals surface area contributed by atoms with Gasteiger partial charge < -0.3 is 30.4 Å². The summed E-state index contributed by atoms with van der Waals surface area (Å²) in [6.45, 7) is 1.34. The van der Waals surface area contributed by atoms with Crippen LogP contribution in [0, 0.1) is 0 Å². The maximum atomic E-state index is 6.18. The predicted molar refractivity (Wildman–Crippen MR) is 96.5 cm³/mol. The van der Waals surface area contributed by atoms with Gasteiger partial charge in [0.1, 0.15) is 18.1 Å². The molecule has 2 aromatic rings. The van der Waals surface area contributed by atoms with Gasteiger partial charge in [-0.25, -0.2) is 0 Å². The fourth-order valence-corrected chi connectivity index (χ4v) is 2.80. The third-order valence-electron chi connectivity index (χ3n) is 4.24. The first kappa shape index (κ1) is 17.2. The lowest BCUT2D eigenvalue weighted by Gasteiger charge is -2.37. The summed E-state index contributed by atoms with van der Waals surface area (Å²) >= 11 is 0. The van der Waals surface area contributed by atoms with Crippen LogP contribution in [0.3, 0.4) is 0 Å². The molecule has 0 amide bonds. The summed E-state index contributed by atoms with van der Waals surface area (Å²) in [5.74, 6) is 2.85. The van der Waals surface area contributed by atoms with Crippen LogP contribution in [0.2, 0.25) is 0 Å². The molecular formula is C19H24N2O4. The van der Waals surface area contributed by atoms with Crippen LogP contribution >= 0.6 is 0 Å². The largest absolute Gasteiger partial charge is 0.497 e. The van der Waals surface area contributed by atoms with Crippen molar-refractivity contribution in [3.8, 4) is 23.0 Å². The zero-order valence-electron chi connectivity index (χ0n) is 14.4. The van der Waals surface area contributed by atoms with Gasteiger partial charge in [0.25, 0.3) is 0 Å². The average molecular weight is 344 g/mol. The smallest absolute Gasteiger partial charge is 0.165 e. The molecule has 2 aromatic carbocycles. The van der Waals surface area contributed by atoms with Crippen LogP contribution in [0.5, 0.6) is 23.0 Å². The van der Waals surface area contributed by atoms with Crippen LogP contribution in [0.25, 0.3) is 0 Å². The number of rotatable bonds is 7. The van der Waals surface area contributed by atoms with Crippen molar-refractivity contribution in [1.29, 1.82) is 0 Å². The first-order chi connectivity index (χ1) is 12.1. The standard InChI is InChI=1S/C19H24N2O4/c1-22-15-6-7-17-18(11-15)25-19(12-20,13-24-17)8-3-9-23-16-5-2-4-14(21)10-16/h2,4-7,10-11H,3,8-9,12-13,20-21H2,1H3. The highest BCUT2D eigenvalue weighted by atomic mass is 16.6. The molecule has 4 N–H and O–H groups in total. The molecule has 0 radical (unpaired) electrons. The third-order valence-corrected chi connectivity index (χ3v) is 4.24. The second kappa shape index (κ2) is 7.53. The van der Waals surface area contributed by atoms with E-state index in [9.17, 15) is 0 Å². The number of benzene rings is 2. The van der Waals surface area contributed by atoms with E-state index in [1.165, 1.54) is 0 Å². The molecule has 0 saturated heterocycles. The Hall–Kier alpha value is -2.60. The second-order valence-electron chi connectivity index (χ2n) is 6.12. The van der Waals surface area contributed by atoms with Crippen molar-refractivity contribution >= 4 is 5.69 Å². The van der Waals surface area contributed by atoms with E-state index in [-0.39, 0.29) is 0 Å². The maximum Gasteiger partial charge on any atom is 0.165 e. The Kier molecular flexibility index (Phi) is 5.19. The molecule has 6 heteroatoms. The Balaban J connectivity index is 1.58. The maximum absolute atomic E-state index is 6.18. The molecule has 1 heterocycles. The van der Waals surface area contributed by atoms with Crippen LogP contribution in [0.1, 0.15) is 12.8 Å². The molecule has 3 rings (SSSR count). The molecule has 1 atom stereocenters. The van der Waals surface area contributed by atoms with Gasteiger partial charge in [0.15, 0.2) is 17.1 Å². The van der Waals surface area contributed by atoms with Crippen molar-refractivity contribution in [3.05, 3.63) is 42.5 Å². The highest BCUT2D eigenvalue weighted by molar-refractivity contribution is 5.47. The second-order valence-corrected chi connectivity index (χ2v) is 6.12. The number of nitrogen functional groups attached to an aromatic ring is 1. The lowest BCUT2D eigenvalue weighted by atomic mass is 9.97. The van der Waals surface area contributed by atoms with Crippen molar-refractivity contribution in [1.82, 2.24) is 0 Å². The molecule has 0 aliphatic carbocycles. The normalized spacial score (nSPS) is 18.6. The Morgan fingerprint density at radius 2 is 2.00 bits per heavy atom. The van der Waals surface area contributed by atoms with Gasteiger partial charge in [-0.05, 0) is 37.1 Å². The minimum atomic E-state index is -0.557. The molecule has 0 spiro atoms. The molecule has 1 aliphatic rings. The SMILES string of the molecule is COc1ccc2c(c1)OC(CN)(CCCOc1cccc(N)c1)CO2. The third kappa shape index (κ3) is 4.09. The number of hydrogen-bond acceptors (Lipinski definition) is 6. The van der Waals surface area contributed by atoms with E-state index in [4.69, 9.17) is 30.4 Å². The Labute approximate surface area is 147 Å². The minimum absolute atomic E-state index is 0.363. The number of fused-ring (bicyclic) bond motifs is 1. The molecule has 0 fully saturated rings. The van der Waals surface area contributed by atoms with E-state index in [0.29, 0.717) is 36.9 Å². The monoisotopic (exact) mass is 344 g/mol. The molecule has 134 valence electrons. The molecule has 6 nitrogen and oxygen atoms in total. The molecule has 1 aliphatic heterocycles. The lowest BCUT2D eigenvalue weighted by molar-refractivity contribution is -0.0117. The number of hydrogen-bond donors (Lipinski definition) is 2. The fourth-order valence-electron chi connectivity index (χ4n) is 2.80. The number of nitrogens with two attached hydrogens (primary N) is 2. The first-order valence-corrected chi connectivity index (χ1v) is 8.32. The molecule has 0 aromatic heterocycles. The van der Waals surface area contributed by atoms with Gasteiger partial charge in [-0.2, -0.15) is 0 Å². The molecule has 25 heavy (non-hydrogen) atoms. The Bertz CT molecular complexity index is 722. The van der Waals surface area contributed by atoms with Crippen LogP contribution < -0.4 is 30.4 Å². The van der Waals surface area contributed by atoms with E-state index in [2.05, 4.69) is 0 Å². The van der Waals surface area contributed by atoms with Crippen LogP contribution in [-0.2, 0) is 0 Å². The van der Waals surface area contributed by atoms with E-state index >= 15 is 0 Å². The van der Waals surface area contributed by atoms with Crippen LogP contribution in [-0.4, -0.2) is 32.5 Å². The van der Waals surface area contributed by atoms with Crippen molar-refractivity contribution in [2.75, 3.05) is 32.6 Å². The minimum Gasteiger partial charge on any atom is -0.497 e. The van der Waals surface area contributed by atoms with E-state index in [0.717, 1.165) is 24.3 Å². The van der Waals surface area contributed by atoms with E-state index in [1.54, 1.807) is 13.2 Å². The summed E-state index contributed by atoms with van der Waals surface area (Å²) in [4.78, 5) is 0. The summed E-state index contributed by atoms with van der Waals surface area (Å²) in [7, 11) is 1.62. The summed E-state index contributed by atoms with van der Waals surface area (Å²) in [5.41, 5.74) is 11.9. The lowest BCUT2D eigenvalue weighted by Crippen LogP contribution is -2.51. The van der Waals surface area contributed by atoms with Gasteiger partial charge in [0, 0.05) is 24.4 Å². The highest BCUT2D eigenvalue weighted by Gasteiger charge is 2.36. The topological polar surface area (TPSA) is 89.0 Å². The Morgan fingerprint density at radius 1 is 1.12 bits per heavy atom. The molecule has 0 saturated carbocycles.